The van der Waals surface area contributed by atoms with E-state index in [0.29, 0.717) is 22.1 Å². The summed E-state index contributed by atoms with van der Waals surface area (Å²) in [5.41, 5.74) is 2.38. The predicted molar refractivity (Wildman–Crippen MR) is 138 cm³/mol. The van der Waals surface area contributed by atoms with E-state index in [1.54, 1.807) is 24.3 Å². The number of benzene rings is 2. The number of carbonyl (C=O) groups is 1. The number of ether oxygens (including phenoxy) is 1. The summed E-state index contributed by atoms with van der Waals surface area (Å²) in [6.07, 6.45) is 1.84. The lowest BCUT2D eigenvalue weighted by molar-refractivity contribution is -0.123. The Bertz CT molecular complexity index is 1290. The summed E-state index contributed by atoms with van der Waals surface area (Å²) in [6.45, 7) is 9.39. The molecule has 9 heteroatoms. The van der Waals surface area contributed by atoms with E-state index in [9.17, 15) is 13.2 Å². The summed E-state index contributed by atoms with van der Waals surface area (Å²) in [5, 5.41) is 3.31. The molecule has 1 aromatic heterocycles. The Labute approximate surface area is 205 Å². The summed E-state index contributed by atoms with van der Waals surface area (Å²) >= 11 is 1.30. The monoisotopic (exact) mass is 501 g/mol. The van der Waals surface area contributed by atoms with Crippen molar-refractivity contribution >= 4 is 38.1 Å². The molecule has 0 radical (unpaired) electrons. The Balaban J connectivity index is 1.96. The van der Waals surface area contributed by atoms with Crippen LogP contribution in [0.3, 0.4) is 0 Å². The number of nitrogens with zero attached hydrogens (tertiary/aromatic N) is 1. The van der Waals surface area contributed by atoms with Gasteiger partial charge in [0.05, 0.1) is 17.7 Å². The van der Waals surface area contributed by atoms with Gasteiger partial charge in [-0.15, -0.1) is 0 Å². The summed E-state index contributed by atoms with van der Waals surface area (Å²) in [4.78, 5) is 17.6. The van der Waals surface area contributed by atoms with Crippen LogP contribution in [0.25, 0.3) is 10.4 Å². The maximum atomic E-state index is 13.3. The van der Waals surface area contributed by atoms with E-state index >= 15 is 0 Å². The van der Waals surface area contributed by atoms with Crippen molar-refractivity contribution in [1.82, 2.24) is 4.98 Å². The maximum Gasteiger partial charge on any atom is 0.265 e. The van der Waals surface area contributed by atoms with Crippen LogP contribution >= 0.6 is 11.3 Å². The minimum absolute atomic E-state index is 0.0291. The van der Waals surface area contributed by atoms with Gasteiger partial charge in [0.2, 0.25) is 5.91 Å². The van der Waals surface area contributed by atoms with Crippen LogP contribution in [0.2, 0.25) is 0 Å². The average Bonchev–Trinajstić information content (AvgIpc) is 3.12. The Hall–Kier alpha value is -2.91. The van der Waals surface area contributed by atoms with E-state index in [2.05, 4.69) is 21.9 Å². The molecule has 0 atom stereocenters. The molecule has 1 heterocycles. The molecule has 0 fully saturated rings. The van der Waals surface area contributed by atoms with E-state index < -0.39 is 15.4 Å². The first-order valence-corrected chi connectivity index (χ1v) is 13.3. The van der Waals surface area contributed by atoms with Crippen LogP contribution in [-0.4, -0.2) is 26.4 Å². The second-order valence-electron chi connectivity index (χ2n) is 9.06. The molecule has 1 amide bonds. The molecule has 7 nitrogen and oxygen atoms in total. The molecule has 3 rings (SSSR count). The van der Waals surface area contributed by atoms with E-state index in [1.165, 1.54) is 18.4 Å². The van der Waals surface area contributed by atoms with Crippen molar-refractivity contribution in [3.63, 3.8) is 0 Å². The third kappa shape index (κ3) is 5.95. The van der Waals surface area contributed by atoms with Crippen LogP contribution in [0.5, 0.6) is 5.75 Å². The van der Waals surface area contributed by atoms with Crippen LogP contribution in [0.4, 0.5) is 10.8 Å². The van der Waals surface area contributed by atoms with E-state index in [4.69, 9.17) is 4.74 Å². The summed E-state index contributed by atoms with van der Waals surface area (Å²) in [5.74, 6) is 0.102. The molecule has 0 spiro atoms. The highest BCUT2D eigenvalue weighted by Gasteiger charge is 2.24. The number of hydrogen-bond donors (Lipinski definition) is 2. The highest BCUT2D eigenvalue weighted by Crippen LogP contribution is 2.37. The fraction of sp³-hybridized carbons (Fsp3) is 0.360. The Kier molecular flexibility index (Phi) is 7.67. The Morgan fingerprint density at radius 1 is 1.15 bits per heavy atom. The van der Waals surface area contributed by atoms with Crippen LogP contribution in [0.1, 0.15) is 45.4 Å². The standard InChI is InChI=1S/C25H31N3O4S2/c1-7-9-17-10-8-11-19(14-17)28-34(30,31)21-15-18(12-13-20(21)32-6)22-16(2)26-24(33-22)27-23(29)25(3,4)5/h8,10-15,28H,7,9H2,1-6H3,(H,26,27,29). The lowest BCUT2D eigenvalue weighted by Gasteiger charge is -2.15. The molecule has 0 aliphatic carbocycles. The van der Waals surface area contributed by atoms with Crippen molar-refractivity contribution in [2.45, 2.75) is 52.4 Å². The van der Waals surface area contributed by atoms with Gasteiger partial charge in [0.1, 0.15) is 10.6 Å². The van der Waals surface area contributed by atoms with Crippen LogP contribution < -0.4 is 14.8 Å². The van der Waals surface area contributed by atoms with Gasteiger partial charge in [-0.05, 0) is 54.8 Å². The zero-order valence-electron chi connectivity index (χ0n) is 20.4. The quantitative estimate of drug-likeness (QED) is 0.403. The third-order valence-corrected chi connectivity index (χ3v) is 7.66. The predicted octanol–water partition coefficient (Wildman–Crippen LogP) is 5.87. The molecular weight excluding hydrogens is 470 g/mol. The van der Waals surface area contributed by atoms with Crippen LogP contribution in [-0.2, 0) is 21.2 Å². The first kappa shape index (κ1) is 25.7. The van der Waals surface area contributed by atoms with Gasteiger partial charge >= 0.3 is 0 Å². The zero-order valence-corrected chi connectivity index (χ0v) is 22.0. The number of aryl methyl sites for hydroxylation is 2. The summed E-state index contributed by atoms with van der Waals surface area (Å²) < 4.78 is 34.7. The molecule has 0 unspecified atom stereocenters. The SMILES string of the molecule is CCCc1cccc(NS(=O)(=O)c2cc(-c3sc(NC(=O)C(C)(C)C)nc3C)ccc2OC)c1. The van der Waals surface area contributed by atoms with Gasteiger partial charge in [-0.25, -0.2) is 13.4 Å². The normalized spacial score (nSPS) is 11.8. The number of nitrogens with one attached hydrogen (secondary N) is 2. The van der Waals surface area contributed by atoms with Crippen molar-refractivity contribution in [2.24, 2.45) is 5.41 Å². The topological polar surface area (TPSA) is 97.4 Å². The number of aromatic nitrogens is 1. The van der Waals surface area contributed by atoms with Gasteiger partial charge in [-0.2, -0.15) is 0 Å². The minimum Gasteiger partial charge on any atom is -0.495 e. The second kappa shape index (κ2) is 10.1. The van der Waals surface area contributed by atoms with Gasteiger partial charge in [0.15, 0.2) is 5.13 Å². The van der Waals surface area contributed by atoms with Gasteiger partial charge < -0.3 is 10.1 Å². The number of hydrogen-bond acceptors (Lipinski definition) is 6. The molecular formula is C25H31N3O4S2. The van der Waals surface area contributed by atoms with Crippen molar-refractivity contribution in [3.8, 4) is 16.2 Å². The van der Waals surface area contributed by atoms with Gasteiger partial charge in [0.25, 0.3) is 10.0 Å². The highest BCUT2D eigenvalue weighted by atomic mass is 32.2. The third-order valence-electron chi connectivity index (χ3n) is 5.13. The van der Waals surface area contributed by atoms with Crippen molar-refractivity contribution < 1.29 is 17.9 Å². The van der Waals surface area contributed by atoms with Gasteiger partial charge in [-0.1, -0.05) is 57.6 Å². The average molecular weight is 502 g/mol. The van der Waals surface area contributed by atoms with Gasteiger partial charge in [-0.3, -0.25) is 9.52 Å². The minimum atomic E-state index is -3.92. The molecule has 2 aromatic carbocycles. The highest BCUT2D eigenvalue weighted by molar-refractivity contribution is 7.92. The second-order valence-corrected chi connectivity index (χ2v) is 11.7. The lowest BCUT2D eigenvalue weighted by Crippen LogP contribution is -2.27. The van der Waals surface area contributed by atoms with Crippen molar-refractivity contribution in [3.05, 3.63) is 53.7 Å². The number of rotatable bonds is 8. The van der Waals surface area contributed by atoms with Crippen molar-refractivity contribution in [1.29, 1.82) is 0 Å². The number of anilines is 2. The lowest BCUT2D eigenvalue weighted by atomic mass is 9.96. The Morgan fingerprint density at radius 3 is 2.53 bits per heavy atom. The smallest absolute Gasteiger partial charge is 0.265 e. The number of sulfonamides is 1. The maximum absolute atomic E-state index is 13.3. The fourth-order valence-corrected chi connectivity index (χ4v) is 5.52. The molecule has 0 aliphatic rings. The van der Waals surface area contributed by atoms with E-state index in [0.717, 1.165) is 23.3 Å². The molecule has 0 bridgehead atoms. The first-order chi connectivity index (χ1) is 15.9. The number of amides is 1. The first-order valence-electron chi connectivity index (χ1n) is 11.0. The van der Waals surface area contributed by atoms with Crippen molar-refractivity contribution in [2.75, 3.05) is 17.1 Å². The number of methoxy groups -OCH3 is 1. The molecule has 0 saturated heterocycles. The fourth-order valence-electron chi connectivity index (χ4n) is 3.32. The number of carbonyl (C=O) groups excluding carboxylic acids is 1. The van der Waals surface area contributed by atoms with E-state index in [1.807, 2.05) is 45.9 Å². The summed E-state index contributed by atoms with van der Waals surface area (Å²) in [6, 6.07) is 12.4. The zero-order chi connectivity index (χ0) is 25.1. The number of thiazole rings is 1. The summed E-state index contributed by atoms with van der Waals surface area (Å²) in [7, 11) is -2.48. The molecule has 3 aromatic rings. The molecule has 182 valence electrons. The van der Waals surface area contributed by atoms with Crippen LogP contribution in [0.15, 0.2) is 47.4 Å². The Morgan fingerprint density at radius 2 is 1.88 bits per heavy atom. The molecule has 34 heavy (non-hydrogen) atoms. The largest absolute Gasteiger partial charge is 0.495 e. The van der Waals surface area contributed by atoms with Gasteiger partial charge in [0, 0.05) is 11.1 Å². The van der Waals surface area contributed by atoms with E-state index in [-0.39, 0.29) is 16.6 Å². The molecule has 2 N–H and O–H groups in total. The molecule has 0 aliphatic heterocycles. The van der Waals surface area contributed by atoms with Crippen LogP contribution in [0, 0.1) is 12.3 Å². The molecule has 0 saturated carbocycles.